The molecule has 0 bridgehead atoms. The second-order valence-corrected chi connectivity index (χ2v) is 8.57. The Morgan fingerprint density at radius 3 is 2.41 bits per heavy atom. The van der Waals surface area contributed by atoms with E-state index in [1.165, 1.54) is 43.4 Å². The third-order valence-electron chi connectivity index (χ3n) is 4.52. The number of carbonyl (C=O) groups excluding carboxylic acids is 2. The number of anilines is 1. The van der Waals surface area contributed by atoms with E-state index in [2.05, 4.69) is 31.1 Å². The molecular weight excluding hydrogens is 358 g/mol. The fraction of sp³-hybridized carbons (Fsp3) is 0.762. The number of carbonyl (C=O) groups is 2. The summed E-state index contributed by atoms with van der Waals surface area (Å²) in [5.74, 6) is 0.430. The van der Waals surface area contributed by atoms with Gasteiger partial charge in [-0.2, -0.15) is 0 Å². The maximum Gasteiger partial charge on any atom is 0.245 e. The SMILES string of the molecule is CCCCCCCCCC(=O)N(CCC(C)C)CC(=O)Nc1nc(C)cs1. The molecule has 154 valence electrons. The van der Waals surface area contributed by atoms with E-state index in [4.69, 9.17) is 0 Å². The van der Waals surface area contributed by atoms with Crippen molar-refractivity contribution in [2.45, 2.75) is 85.5 Å². The maximum absolute atomic E-state index is 12.6. The van der Waals surface area contributed by atoms with Gasteiger partial charge in [0.15, 0.2) is 5.13 Å². The minimum Gasteiger partial charge on any atom is -0.333 e. The van der Waals surface area contributed by atoms with Gasteiger partial charge in [0.1, 0.15) is 0 Å². The third kappa shape index (κ3) is 11.1. The number of amides is 2. The van der Waals surface area contributed by atoms with Gasteiger partial charge in [-0.25, -0.2) is 4.98 Å². The summed E-state index contributed by atoms with van der Waals surface area (Å²) in [4.78, 5) is 30.9. The number of hydrogen-bond donors (Lipinski definition) is 1. The molecule has 0 fully saturated rings. The van der Waals surface area contributed by atoms with Crippen LogP contribution in [0.2, 0.25) is 0 Å². The van der Waals surface area contributed by atoms with Gasteiger partial charge in [-0.15, -0.1) is 11.3 Å². The second kappa shape index (κ2) is 13.7. The van der Waals surface area contributed by atoms with Gasteiger partial charge in [0.05, 0.1) is 12.2 Å². The molecule has 0 aromatic carbocycles. The molecule has 27 heavy (non-hydrogen) atoms. The number of unbranched alkanes of at least 4 members (excludes halogenated alkanes) is 6. The van der Waals surface area contributed by atoms with E-state index in [0.29, 0.717) is 24.0 Å². The van der Waals surface area contributed by atoms with Crippen molar-refractivity contribution in [1.82, 2.24) is 9.88 Å². The lowest BCUT2D eigenvalue weighted by molar-refractivity contribution is -0.135. The molecule has 0 unspecified atom stereocenters. The van der Waals surface area contributed by atoms with Gasteiger partial charge in [0.2, 0.25) is 11.8 Å². The molecule has 0 aliphatic carbocycles. The summed E-state index contributed by atoms with van der Waals surface area (Å²) < 4.78 is 0. The molecule has 1 N–H and O–H groups in total. The molecule has 0 atom stereocenters. The molecule has 1 heterocycles. The molecule has 2 amide bonds. The molecule has 0 aliphatic heterocycles. The van der Waals surface area contributed by atoms with Gasteiger partial charge in [-0.1, -0.05) is 59.3 Å². The van der Waals surface area contributed by atoms with Crippen LogP contribution in [0.4, 0.5) is 5.13 Å². The smallest absolute Gasteiger partial charge is 0.245 e. The number of rotatable bonds is 14. The molecule has 5 nitrogen and oxygen atoms in total. The van der Waals surface area contributed by atoms with Crippen LogP contribution in [0.5, 0.6) is 0 Å². The van der Waals surface area contributed by atoms with E-state index >= 15 is 0 Å². The number of nitrogens with zero attached hydrogens (tertiary/aromatic N) is 2. The van der Waals surface area contributed by atoms with Gasteiger partial charge in [-0.3, -0.25) is 9.59 Å². The van der Waals surface area contributed by atoms with Crippen molar-refractivity contribution in [2.75, 3.05) is 18.4 Å². The van der Waals surface area contributed by atoms with Crippen LogP contribution in [0.25, 0.3) is 0 Å². The summed E-state index contributed by atoms with van der Waals surface area (Å²) in [6.07, 6.45) is 9.76. The summed E-state index contributed by atoms with van der Waals surface area (Å²) in [5.41, 5.74) is 0.891. The lowest BCUT2D eigenvalue weighted by Crippen LogP contribution is -2.39. The quantitative estimate of drug-likeness (QED) is 0.429. The Labute approximate surface area is 168 Å². The Bertz CT molecular complexity index is 557. The van der Waals surface area contributed by atoms with E-state index in [-0.39, 0.29) is 18.4 Å². The Kier molecular flexibility index (Phi) is 12.0. The minimum atomic E-state index is -0.166. The number of nitrogens with one attached hydrogen (secondary N) is 1. The summed E-state index contributed by atoms with van der Waals surface area (Å²) in [7, 11) is 0. The average Bonchev–Trinajstić information content (AvgIpc) is 3.02. The highest BCUT2D eigenvalue weighted by Gasteiger charge is 2.18. The van der Waals surface area contributed by atoms with Gasteiger partial charge >= 0.3 is 0 Å². The highest BCUT2D eigenvalue weighted by Crippen LogP contribution is 2.15. The predicted octanol–water partition coefficient (Wildman–Crippen LogP) is 5.41. The summed E-state index contributed by atoms with van der Waals surface area (Å²) in [5, 5.41) is 5.30. The zero-order valence-corrected chi connectivity index (χ0v) is 18.4. The molecule has 1 aromatic rings. The van der Waals surface area contributed by atoms with Crippen LogP contribution in [0.1, 0.15) is 84.3 Å². The summed E-state index contributed by atoms with van der Waals surface area (Å²) in [6.45, 7) is 9.13. The van der Waals surface area contributed by atoms with E-state index in [0.717, 1.165) is 25.0 Å². The molecule has 0 spiro atoms. The normalized spacial score (nSPS) is 11.0. The Morgan fingerprint density at radius 2 is 1.81 bits per heavy atom. The van der Waals surface area contributed by atoms with Crippen LogP contribution in [-0.2, 0) is 9.59 Å². The Hall–Kier alpha value is -1.43. The van der Waals surface area contributed by atoms with Crippen LogP contribution in [0.3, 0.4) is 0 Å². The maximum atomic E-state index is 12.6. The van der Waals surface area contributed by atoms with E-state index < -0.39 is 0 Å². The zero-order chi connectivity index (χ0) is 20.1. The van der Waals surface area contributed by atoms with Gasteiger partial charge < -0.3 is 10.2 Å². The monoisotopic (exact) mass is 395 g/mol. The molecule has 6 heteroatoms. The van der Waals surface area contributed by atoms with Gasteiger partial charge in [0, 0.05) is 18.3 Å². The first-order chi connectivity index (χ1) is 12.9. The molecule has 1 rings (SSSR count). The highest BCUT2D eigenvalue weighted by atomic mass is 32.1. The van der Waals surface area contributed by atoms with Crippen molar-refractivity contribution < 1.29 is 9.59 Å². The van der Waals surface area contributed by atoms with Crippen LogP contribution >= 0.6 is 11.3 Å². The third-order valence-corrected chi connectivity index (χ3v) is 5.40. The molecule has 1 aromatic heterocycles. The standard InChI is InChI=1S/C21H37N3O2S/c1-5-6-7-8-9-10-11-12-20(26)24(14-13-17(2)3)15-19(25)23-21-22-18(4)16-27-21/h16-17H,5-15H2,1-4H3,(H,22,23,25). The van der Waals surface area contributed by atoms with Gasteiger partial charge in [0.25, 0.3) is 0 Å². The zero-order valence-electron chi connectivity index (χ0n) is 17.6. The first kappa shape index (κ1) is 23.6. The number of thiazole rings is 1. The van der Waals surface area contributed by atoms with Crippen molar-refractivity contribution in [3.8, 4) is 0 Å². The molecule has 0 aliphatic rings. The number of aromatic nitrogens is 1. The van der Waals surface area contributed by atoms with Crippen molar-refractivity contribution in [2.24, 2.45) is 5.92 Å². The fourth-order valence-corrected chi connectivity index (χ4v) is 3.55. The highest BCUT2D eigenvalue weighted by molar-refractivity contribution is 7.13. The van der Waals surface area contributed by atoms with Crippen LogP contribution < -0.4 is 5.32 Å². The summed E-state index contributed by atoms with van der Waals surface area (Å²) >= 11 is 1.41. The molecule has 0 radical (unpaired) electrons. The van der Waals surface area contributed by atoms with Crippen LogP contribution in [-0.4, -0.2) is 34.8 Å². The molecule has 0 saturated carbocycles. The minimum absolute atomic E-state index is 0.0923. The van der Waals surface area contributed by atoms with Crippen molar-refractivity contribution in [3.63, 3.8) is 0 Å². The van der Waals surface area contributed by atoms with E-state index in [1.54, 1.807) is 4.90 Å². The van der Waals surface area contributed by atoms with Crippen LogP contribution in [0.15, 0.2) is 5.38 Å². The molecular formula is C21H37N3O2S. The second-order valence-electron chi connectivity index (χ2n) is 7.71. The number of aryl methyl sites for hydroxylation is 1. The fourth-order valence-electron chi connectivity index (χ4n) is 2.84. The Morgan fingerprint density at radius 1 is 1.15 bits per heavy atom. The largest absolute Gasteiger partial charge is 0.333 e. The lowest BCUT2D eigenvalue weighted by atomic mass is 10.1. The number of hydrogen-bond acceptors (Lipinski definition) is 4. The predicted molar refractivity (Wildman–Crippen MR) is 114 cm³/mol. The van der Waals surface area contributed by atoms with E-state index in [9.17, 15) is 9.59 Å². The van der Waals surface area contributed by atoms with Gasteiger partial charge in [-0.05, 0) is 25.7 Å². The van der Waals surface area contributed by atoms with Crippen LogP contribution in [0, 0.1) is 12.8 Å². The first-order valence-electron chi connectivity index (χ1n) is 10.4. The average molecular weight is 396 g/mol. The Balaban J connectivity index is 2.41. The lowest BCUT2D eigenvalue weighted by Gasteiger charge is -2.23. The summed E-state index contributed by atoms with van der Waals surface area (Å²) in [6, 6.07) is 0. The van der Waals surface area contributed by atoms with Crippen molar-refractivity contribution in [3.05, 3.63) is 11.1 Å². The topological polar surface area (TPSA) is 62.3 Å². The van der Waals surface area contributed by atoms with E-state index in [1.807, 2.05) is 12.3 Å². The van der Waals surface area contributed by atoms with Crippen molar-refractivity contribution >= 4 is 28.3 Å². The van der Waals surface area contributed by atoms with Crippen molar-refractivity contribution in [1.29, 1.82) is 0 Å². The first-order valence-corrected chi connectivity index (χ1v) is 11.3. The molecule has 0 saturated heterocycles.